The van der Waals surface area contributed by atoms with E-state index in [0.29, 0.717) is 6.04 Å². The van der Waals surface area contributed by atoms with E-state index in [1.807, 2.05) is 4.90 Å². The number of amides is 2. The molecule has 4 nitrogen and oxygen atoms in total. The molecule has 0 spiro atoms. The Kier molecular flexibility index (Phi) is 1.49. The van der Waals surface area contributed by atoms with E-state index in [-0.39, 0.29) is 6.03 Å². The molecule has 1 atom stereocenters. The van der Waals surface area contributed by atoms with Gasteiger partial charge in [0.1, 0.15) is 0 Å². The van der Waals surface area contributed by atoms with Crippen LogP contribution in [-0.2, 0) is 0 Å². The van der Waals surface area contributed by atoms with Gasteiger partial charge in [0.25, 0.3) is 0 Å². The lowest BCUT2D eigenvalue weighted by molar-refractivity contribution is 0.181. The fourth-order valence-electron chi connectivity index (χ4n) is 1.91. The number of rotatable bonds is 1. The number of hydrogen-bond donors (Lipinski definition) is 1. The van der Waals surface area contributed by atoms with Crippen molar-refractivity contribution in [2.24, 2.45) is 0 Å². The Bertz CT molecular complexity index is 183. The molecule has 0 unspecified atom stereocenters. The highest BCUT2D eigenvalue weighted by molar-refractivity contribution is 5.77. The van der Waals surface area contributed by atoms with Gasteiger partial charge in [0, 0.05) is 13.6 Å². The smallest absolute Gasteiger partial charge is 0.319 e. The first-order chi connectivity index (χ1) is 5.33. The minimum absolute atomic E-state index is 0.148. The van der Waals surface area contributed by atoms with Crippen molar-refractivity contribution in [3.8, 4) is 0 Å². The molecule has 11 heavy (non-hydrogen) atoms. The van der Waals surface area contributed by atoms with Crippen LogP contribution in [0.15, 0.2) is 0 Å². The van der Waals surface area contributed by atoms with Crippen molar-refractivity contribution in [1.82, 2.24) is 15.3 Å². The summed E-state index contributed by atoms with van der Waals surface area (Å²) in [5, 5.41) is 1.68. The van der Waals surface area contributed by atoms with Gasteiger partial charge in [-0.25, -0.2) is 10.2 Å². The number of fused-ring (bicyclic) bond motifs is 1. The predicted molar refractivity (Wildman–Crippen MR) is 40.9 cm³/mol. The number of nitrogens with one attached hydrogen (secondary N) is 1. The summed E-state index contributed by atoms with van der Waals surface area (Å²) in [7, 11) is 1.79. The zero-order chi connectivity index (χ0) is 7.84. The van der Waals surface area contributed by atoms with Gasteiger partial charge in [-0.05, 0) is 12.8 Å². The van der Waals surface area contributed by atoms with E-state index >= 15 is 0 Å². The van der Waals surface area contributed by atoms with E-state index in [4.69, 9.17) is 0 Å². The van der Waals surface area contributed by atoms with Crippen LogP contribution in [0.3, 0.4) is 0 Å². The number of hydrogen-bond acceptors (Lipinski definition) is 2. The molecule has 0 aliphatic carbocycles. The second kappa shape index (κ2) is 2.37. The normalized spacial score (nSPS) is 29.9. The van der Waals surface area contributed by atoms with E-state index in [0.717, 1.165) is 13.1 Å². The van der Waals surface area contributed by atoms with Gasteiger partial charge in [-0.1, -0.05) is 0 Å². The van der Waals surface area contributed by atoms with Crippen LogP contribution in [0.4, 0.5) is 4.79 Å². The lowest BCUT2D eigenvalue weighted by Crippen LogP contribution is -2.39. The minimum atomic E-state index is 0.148. The summed E-state index contributed by atoms with van der Waals surface area (Å²) in [5.74, 6) is 0. The van der Waals surface area contributed by atoms with Crippen LogP contribution in [0, 0.1) is 0 Å². The third kappa shape index (κ3) is 0.894. The van der Waals surface area contributed by atoms with Crippen molar-refractivity contribution in [1.29, 1.82) is 0 Å². The number of nitrogens with zero attached hydrogens (tertiary/aromatic N) is 2. The Balaban J connectivity index is 2.10. The molecule has 4 heteroatoms. The summed E-state index contributed by atoms with van der Waals surface area (Å²) >= 11 is 0. The summed E-state index contributed by atoms with van der Waals surface area (Å²) in [5.41, 5.74) is 2.88. The number of hydrazine groups is 1. The minimum Gasteiger partial charge on any atom is -0.319 e. The van der Waals surface area contributed by atoms with Crippen LogP contribution in [0.5, 0.6) is 0 Å². The van der Waals surface area contributed by atoms with E-state index in [2.05, 4.69) is 5.43 Å². The maximum absolute atomic E-state index is 11.4. The van der Waals surface area contributed by atoms with Crippen LogP contribution in [0.25, 0.3) is 0 Å². The van der Waals surface area contributed by atoms with Crippen molar-refractivity contribution in [3.63, 3.8) is 0 Å². The lowest BCUT2D eigenvalue weighted by Gasteiger charge is -2.14. The number of urea groups is 1. The molecule has 0 bridgehead atoms. The Morgan fingerprint density at radius 3 is 3.09 bits per heavy atom. The Morgan fingerprint density at radius 1 is 1.64 bits per heavy atom. The first kappa shape index (κ1) is 6.91. The fraction of sp³-hybridized carbons (Fsp3) is 0.857. The molecule has 2 fully saturated rings. The van der Waals surface area contributed by atoms with Gasteiger partial charge in [-0.15, -0.1) is 0 Å². The second-order valence-corrected chi connectivity index (χ2v) is 3.11. The van der Waals surface area contributed by atoms with Gasteiger partial charge in [0.05, 0.1) is 12.6 Å². The quantitative estimate of drug-likeness (QED) is 0.579. The topological polar surface area (TPSA) is 35.6 Å². The first-order valence-corrected chi connectivity index (χ1v) is 4.08. The lowest BCUT2D eigenvalue weighted by atomic mass is 10.2. The molecule has 2 aliphatic rings. The van der Waals surface area contributed by atoms with Gasteiger partial charge in [0.2, 0.25) is 0 Å². The maximum Gasteiger partial charge on any atom is 0.334 e. The molecule has 1 N–H and O–H groups in total. The molecule has 0 aromatic heterocycles. The van der Waals surface area contributed by atoms with Crippen LogP contribution in [0.2, 0.25) is 0 Å². The Hall–Kier alpha value is -0.770. The average Bonchev–Trinajstić information content (AvgIpc) is 2.53. The van der Waals surface area contributed by atoms with E-state index in [1.165, 1.54) is 12.8 Å². The summed E-state index contributed by atoms with van der Waals surface area (Å²) in [6.45, 7) is 1.80. The molecule has 0 radical (unpaired) electrons. The van der Waals surface area contributed by atoms with Crippen LogP contribution in [0.1, 0.15) is 12.8 Å². The van der Waals surface area contributed by atoms with Crippen molar-refractivity contribution < 1.29 is 4.79 Å². The fourth-order valence-corrected chi connectivity index (χ4v) is 1.91. The van der Waals surface area contributed by atoms with Gasteiger partial charge in [0.15, 0.2) is 0 Å². The van der Waals surface area contributed by atoms with Gasteiger partial charge in [-0.2, -0.15) is 0 Å². The molecular weight excluding hydrogens is 142 g/mol. The Labute approximate surface area is 66.1 Å². The molecule has 62 valence electrons. The third-order valence-corrected chi connectivity index (χ3v) is 2.52. The highest BCUT2D eigenvalue weighted by atomic mass is 16.2. The third-order valence-electron chi connectivity index (χ3n) is 2.52. The summed E-state index contributed by atoms with van der Waals surface area (Å²) < 4.78 is 0. The number of carbonyl (C=O) groups is 1. The molecule has 2 rings (SSSR count). The molecule has 2 heterocycles. The van der Waals surface area contributed by atoms with Crippen molar-refractivity contribution in [2.45, 2.75) is 18.9 Å². The predicted octanol–water partition coefficient (Wildman–Crippen LogP) is 0.0208. The Morgan fingerprint density at radius 2 is 2.45 bits per heavy atom. The standard InChI is InChI=1S/C7H13N3O/c1-8-10-5-6-3-2-4-9(6)7(10)11/h6,8H,2-5H2,1H3/t6-/m1/s1. The molecule has 2 aliphatic heterocycles. The zero-order valence-corrected chi connectivity index (χ0v) is 6.71. The highest BCUT2D eigenvalue weighted by Crippen LogP contribution is 2.24. The monoisotopic (exact) mass is 155 g/mol. The largest absolute Gasteiger partial charge is 0.334 e. The molecule has 0 aromatic carbocycles. The molecule has 2 saturated heterocycles. The molecule has 2 amide bonds. The molecule has 0 saturated carbocycles. The van der Waals surface area contributed by atoms with Crippen molar-refractivity contribution in [2.75, 3.05) is 20.1 Å². The van der Waals surface area contributed by atoms with Crippen LogP contribution < -0.4 is 5.43 Å². The van der Waals surface area contributed by atoms with Gasteiger partial charge >= 0.3 is 6.03 Å². The highest BCUT2D eigenvalue weighted by Gasteiger charge is 2.39. The maximum atomic E-state index is 11.4. The molecular formula is C7H13N3O. The first-order valence-electron chi connectivity index (χ1n) is 4.08. The number of carbonyl (C=O) groups excluding carboxylic acids is 1. The van der Waals surface area contributed by atoms with Crippen molar-refractivity contribution in [3.05, 3.63) is 0 Å². The van der Waals surface area contributed by atoms with Crippen LogP contribution >= 0.6 is 0 Å². The van der Waals surface area contributed by atoms with E-state index < -0.39 is 0 Å². The van der Waals surface area contributed by atoms with Gasteiger partial charge < -0.3 is 4.90 Å². The van der Waals surface area contributed by atoms with E-state index in [1.54, 1.807) is 12.1 Å². The van der Waals surface area contributed by atoms with Crippen LogP contribution in [-0.4, -0.2) is 42.1 Å². The second-order valence-electron chi connectivity index (χ2n) is 3.11. The molecule has 0 aromatic rings. The SMILES string of the molecule is CNN1C[C@H]2CCCN2C1=O. The average molecular weight is 155 g/mol. The summed E-state index contributed by atoms with van der Waals surface area (Å²) in [6.07, 6.45) is 2.35. The van der Waals surface area contributed by atoms with E-state index in [9.17, 15) is 4.79 Å². The zero-order valence-electron chi connectivity index (χ0n) is 6.71. The summed E-state index contributed by atoms with van der Waals surface area (Å²) in [6, 6.07) is 0.630. The van der Waals surface area contributed by atoms with Gasteiger partial charge in [-0.3, -0.25) is 5.01 Å². The van der Waals surface area contributed by atoms with Crippen molar-refractivity contribution >= 4 is 6.03 Å². The summed E-state index contributed by atoms with van der Waals surface area (Å²) in [4.78, 5) is 13.4.